The smallest absolute Gasteiger partial charge is 0.355 e. The van der Waals surface area contributed by atoms with E-state index in [1.165, 1.54) is 0 Å². The first kappa shape index (κ1) is 19.1. The molecule has 2 N–H and O–H groups in total. The van der Waals surface area contributed by atoms with E-state index in [2.05, 4.69) is 10.6 Å². The van der Waals surface area contributed by atoms with Crippen molar-refractivity contribution >= 4 is 40.7 Å². The summed E-state index contributed by atoms with van der Waals surface area (Å²) in [6.45, 7) is 1.88. The molecule has 5 nitrogen and oxygen atoms in total. The number of benzene rings is 2. The molecule has 0 spiro atoms. The van der Waals surface area contributed by atoms with Gasteiger partial charge in [0.2, 0.25) is 0 Å². The number of nitrogens with one attached hydrogen (secondary N) is 2. The Labute approximate surface area is 167 Å². The monoisotopic (exact) mass is 400 g/mol. The Hall–Kier alpha value is -2.70. The van der Waals surface area contributed by atoms with Crippen molar-refractivity contribution in [2.75, 3.05) is 6.61 Å². The highest BCUT2D eigenvalue weighted by molar-refractivity contribution is 7.80. The Balaban J connectivity index is 2.16. The van der Waals surface area contributed by atoms with Crippen LogP contribution in [0.15, 0.2) is 65.9 Å². The van der Waals surface area contributed by atoms with Gasteiger partial charge in [-0.3, -0.25) is 4.79 Å². The summed E-state index contributed by atoms with van der Waals surface area (Å²) in [5, 5.41) is 6.67. The van der Waals surface area contributed by atoms with Crippen molar-refractivity contribution in [2.45, 2.75) is 13.0 Å². The van der Waals surface area contributed by atoms with Gasteiger partial charge in [0.25, 0.3) is 0 Å². The molecule has 0 amide bonds. The lowest BCUT2D eigenvalue weighted by atomic mass is 9.89. The summed E-state index contributed by atoms with van der Waals surface area (Å²) in [5.41, 5.74) is 1.51. The Bertz CT molecular complexity index is 911. The van der Waals surface area contributed by atoms with Crippen LogP contribution in [-0.4, -0.2) is 23.5 Å². The number of esters is 1. The minimum absolute atomic E-state index is 0.0504. The van der Waals surface area contributed by atoms with Gasteiger partial charge >= 0.3 is 5.97 Å². The van der Waals surface area contributed by atoms with Gasteiger partial charge in [-0.15, -0.1) is 0 Å². The average Bonchev–Trinajstić information content (AvgIpc) is 2.68. The van der Waals surface area contributed by atoms with E-state index in [1.54, 1.807) is 55.5 Å². The van der Waals surface area contributed by atoms with Gasteiger partial charge in [0, 0.05) is 10.6 Å². The molecule has 1 aliphatic heterocycles. The predicted molar refractivity (Wildman–Crippen MR) is 107 cm³/mol. The molecule has 2 aromatic carbocycles. The average molecular weight is 401 g/mol. The van der Waals surface area contributed by atoms with Gasteiger partial charge in [-0.25, -0.2) is 4.79 Å². The Morgan fingerprint density at radius 2 is 1.78 bits per heavy atom. The molecule has 0 aromatic heterocycles. The van der Waals surface area contributed by atoms with Gasteiger partial charge in [0.1, 0.15) is 5.70 Å². The number of Topliss-reactive ketones (excluding diaryl/α,β-unsaturated/α-hetero) is 1. The fourth-order valence-corrected chi connectivity index (χ4v) is 3.17. The van der Waals surface area contributed by atoms with Crippen LogP contribution < -0.4 is 10.6 Å². The molecule has 2 aromatic rings. The van der Waals surface area contributed by atoms with Crippen LogP contribution in [0.3, 0.4) is 0 Å². The number of halogens is 1. The topological polar surface area (TPSA) is 67.4 Å². The molecule has 0 saturated heterocycles. The molecule has 1 aliphatic rings. The maximum absolute atomic E-state index is 13.3. The van der Waals surface area contributed by atoms with Gasteiger partial charge in [0.05, 0.1) is 18.2 Å². The summed E-state index contributed by atoms with van der Waals surface area (Å²) in [4.78, 5) is 25.8. The van der Waals surface area contributed by atoms with Crippen LogP contribution in [0.2, 0.25) is 5.02 Å². The zero-order valence-corrected chi connectivity index (χ0v) is 16.1. The maximum Gasteiger partial charge on any atom is 0.355 e. The van der Waals surface area contributed by atoms with E-state index in [9.17, 15) is 9.59 Å². The first-order valence-electron chi connectivity index (χ1n) is 8.35. The minimum Gasteiger partial charge on any atom is -0.461 e. The predicted octanol–water partition coefficient (Wildman–Crippen LogP) is 3.56. The molecule has 1 atom stereocenters. The Morgan fingerprint density at radius 1 is 1.11 bits per heavy atom. The van der Waals surface area contributed by atoms with Crippen LogP contribution in [0.25, 0.3) is 0 Å². The summed E-state index contributed by atoms with van der Waals surface area (Å²) in [6.07, 6.45) is 0. The largest absolute Gasteiger partial charge is 0.461 e. The molecular weight excluding hydrogens is 384 g/mol. The first-order valence-corrected chi connectivity index (χ1v) is 9.14. The lowest BCUT2D eigenvalue weighted by molar-refractivity contribution is -0.138. The fraction of sp³-hybridized carbons (Fsp3) is 0.150. The van der Waals surface area contributed by atoms with E-state index >= 15 is 0 Å². The number of ketones is 1. The van der Waals surface area contributed by atoms with E-state index in [1.807, 2.05) is 6.07 Å². The molecule has 0 aliphatic carbocycles. The van der Waals surface area contributed by atoms with Crippen LogP contribution in [-0.2, 0) is 9.53 Å². The third kappa shape index (κ3) is 4.18. The van der Waals surface area contributed by atoms with Crippen LogP contribution in [0, 0.1) is 0 Å². The molecule has 7 heteroatoms. The fourth-order valence-electron chi connectivity index (χ4n) is 2.82. The number of hydrogen-bond acceptors (Lipinski definition) is 4. The van der Waals surface area contributed by atoms with E-state index in [-0.39, 0.29) is 28.8 Å². The Morgan fingerprint density at radius 3 is 2.41 bits per heavy atom. The van der Waals surface area contributed by atoms with Crippen molar-refractivity contribution in [3.05, 3.63) is 82.0 Å². The standard InChI is InChI=1S/C20H17ClN2O3S/c1-2-26-19(25)17-15(18(24)13-6-4-3-5-7-13)16(22-20(27)23-17)12-8-10-14(21)11-9-12/h3-11,16H,2H2,1H3,(H2,22,23,27)/t16-/m0/s1. The minimum atomic E-state index is -0.625. The molecule has 0 saturated carbocycles. The van der Waals surface area contributed by atoms with E-state index in [0.717, 1.165) is 5.56 Å². The van der Waals surface area contributed by atoms with Crippen LogP contribution in [0.1, 0.15) is 28.9 Å². The van der Waals surface area contributed by atoms with Crippen LogP contribution >= 0.6 is 23.8 Å². The first-order chi connectivity index (χ1) is 13.0. The lowest BCUT2D eigenvalue weighted by Gasteiger charge is -2.30. The highest BCUT2D eigenvalue weighted by atomic mass is 35.5. The van der Waals surface area contributed by atoms with Crippen molar-refractivity contribution in [2.24, 2.45) is 0 Å². The van der Waals surface area contributed by atoms with Gasteiger partial charge in [-0.05, 0) is 36.8 Å². The van der Waals surface area contributed by atoms with Crippen molar-refractivity contribution in [3.8, 4) is 0 Å². The summed E-state index contributed by atoms with van der Waals surface area (Å²) in [6, 6.07) is 15.2. The maximum atomic E-state index is 13.3. The molecule has 27 heavy (non-hydrogen) atoms. The normalized spacial score (nSPS) is 16.4. The third-order valence-electron chi connectivity index (χ3n) is 4.04. The second-order valence-electron chi connectivity index (χ2n) is 5.79. The van der Waals surface area contributed by atoms with E-state index < -0.39 is 12.0 Å². The van der Waals surface area contributed by atoms with Crippen molar-refractivity contribution < 1.29 is 14.3 Å². The Kier molecular flexibility index (Phi) is 5.88. The van der Waals surface area contributed by atoms with Crippen molar-refractivity contribution in [3.63, 3.8) is 0 Å². The van der Waals surface area contributed by atoms with Crippen LogP contribution in [0.4, 0.5) is 0 Å². The number of hydrogen-bond donors (Lipinski definition) is 2. The van der Waals surface area contributed by atoms with Crippen molar-refractivity contribution in [1.82, 2.24) is 10.6 Å². The highest BCUT2D eigenvalue weighted by Gasteiger charge is 2.35. The zero-order valence-electron chi connectivity index (χ0n) is 14.5. The molecule has 0 fully saturated rings. The summed E-state index contributed by atoms with van der Waals surface area (Å²) >= 11 is 11.2. The molecule has 0 radical (unpaired) electrons. The van der Waals surface area contributed by atoms with Crippen molar-refractivity contribution in [1.29, 1.82) is 0 Å². The number of thiocarbonyl (C=S) groups is 1. The number of rotatable bonds is 5. The number of ether oxygens (including phenoxy) is 1. The van der Waals surface area contributed by atoms with E-state index in [0.29, 0.717) is 10.6 Å². The van der Waals surface area contributed by atoms with Gasteiger partial charge in [-0.2, -0.15) is 0 Å². The number of carbonyl (C=O) groups is 2. The lowest BCUT2D eigenvalue weighted by Crippen LogP contribution is -2.47. The van der Waals surface area contributed by atoms with E-state index in [4.69, 9.17) is 28.6 Å². The summed E-state index contributed by atoms with van der Waals surface area (Å²) in [5.74, 6) is -0.916. The molecule has 0 bridgehead atoms. The molecule has 0 unspecified atom stereocenters. The molecular formula is C20H17ClN2O3S. The quantitative estimate of drug-likeness (QED) is 0.454. The highest BCUT2D eigenvalue weighted by Crippen LogP contribution is 2.30. The molecule has 1 heterocycles. The SMILES string of the molecule is CCOC(=O)C1=C(C(=O)c2ccccc2)[C@H](c2ccc(Cl)cc2)NC(=S)N1. The molecule has 3 rings (SSSR count). The van der Waals surface area contributed by atoms with Gasteiger partial charge in [0.15, 0.2) is 10.9 Å². The summed E-state index contributed by atoms with van der Waals surface area (Å²) in [7, 11) is 0. The second kappa shape index (κ2) is 8.33. The van der Waals surface area contributed by atoms with Gasteiger partial charge < -0.3 is 15.4 Å². The summed E-state index contributed by atoms with van der Waals surface area (Å²) < 4.78 is 5.13. The molecule has 138 valence electrons. The van der Waals surface area contributed by atoms with Gasteiger partial charge in [-0.1, -0.05) is 54.1 Å². The third-order valence-corrected chi connectivity index (χ3v) is 4.51. The zero-order chi connectivity index (χ0) is 19.4. The number of carbonyl (C=O) groups excluding carboxylic acids is 2. The van der Waals surface area contributed by atoms with Crippen LogP contribution in [0.5, 0.6) is 0 Å². The second-order valence-corrected chi connectivity index (χ2v) is 6.63.